The standard InChI is InChI=1S/C20H33NO/c1-19-11-4-3-5-14(19)6-8-16-17-9-7-15(13-21-22)20(17,2)12-10-18(16)19/h13-18,22H,3-12H2,1-2H3/b21-13-/t14-,15?,16-,17+,18-,19-,20+/m0/s1. The number of hydrogen-bond donors (Lipinski definition) is 1. The van der Waals surface area contributed by atoms with Crippen molar-refractivity contribution in [1.82, 2.24) is 0 Å². The van der Waals surface area contributed by atoms with E-state index in [1.165, 1.54) is 64.2 Å². The molecule has 0 aromatic rings. The lowest BCUT2D eigenvalue weighted by Crippen LogP contribution is -2.52. The Labute approximate surface area is 135 Å². The van der Waals surface area contributed by atoms with Crippen LogP contribution in [-0.4, -0.2) is 11.4 Å². The highest BCUT2D eigenvalue weighted by Gasteiger charge is 2.59. The predicted molar refractivity (Wildman–Crippen MR) is 90.1 cm³/mol. The average Bonchev–Trinajstić information content (AvgIpc) is 2.84. The maximum absolute atomic E-state index is 9.03. The van der Waals surface area contributed by atoms with Crippen LogP contribution in [0, 0.1) is 40.4 Å². The molecule has 0 aromatic heterocycles. The van der Waals surface area contributed by atoms with Crippen LogP contribution in [0.4, 0.5) is 0 Å². The van der Waals surface area contributed by atoms with Crippen LogP contribution in [0.3, 0.4) is 0 Å². The van der Waals surface area contributed by atoms with Crippen LogP contribution in [0.25, 0.3) is 0 Å². The molecule has 0 aliphatic heterocycles. The van der Waals surface area contributed by atoms with Crippen molar-refractivity contribution in [3.63, 3.8) is 0 Å². The van der Waals surface area contributed by atoms with E-state index in [1.54, 1.807) is 0 Å². The molecule has 7 atom stereocenters. The van der Waals surface area contributed by atoms with Gasteiger partial charge in [0.2, 0.25) is 0 Å². The number of fused-ring (bicyclic) bond motifs is 5. The number of nitrogens with zero attached hydrogens (tertiary/aromatic N) is 1. The summed E-state index contributed by atoms with van der Waals surface area (Å²) in [7, 11) is 0. The Balaban J connectivity index is 1.62. The molecule has 22 heavy (non-hydrogen) atoms. The van der Waals surface area contributed by atoms with Crippen LogP contribution < -0.4 is 0 Å². The summed E-state index contributed by atoms with van der Waals surface area (Å²) in [5.41, 5.74) is 1.05. The molecule has 0 saturated heterocycles. The minimum Gasteiger partial charge on any atom is -0.411 e. The first kappa shape index (κ1) is 15.0. The van der Waals surface area contributed by atoms with Crippen LogP contribution in [0.15, 0.2) is 5.16 Å². The largest absolute Gasteiger partial charge is 0.411 e. The summed E-state index contributed by atoms with van der Waals surface area (Å²) in [5.74, 6) is 4.35. The van der Waals surface area contributed by atoms with Gasteiger partial charge >= 0.3 is 0 Å². The molecule has 1 unspecified atom stereocenters. The summed E-state index contributed by atoms with van der Waals surface area (Å²) >= 11 is 0. The van der Waals surface area contributed by atoms with Crippen LogP contribution in [0.5, 0.6) is 0 Å². The molecular formula is C20H33NO. The fourth-order valence-corrected chi connectivity index (χ4v) is 7.66. The van der Waals surface area contributed by atoms with Crippen LogP contribution in [0.1, 0.15) is 78.1 Å². The fourth-order valence-electron chi connectivity index (χ4n) is 7.66. The van der Waals surface area contributed by atoms with Gasteiger partial charge in [-0.05, 0) is 85.9 Å². The van der Waals surface area contributed by atoms with Gasteiger partial charge in [-0.1, -0.05) is 26.7 Å². The van der Waals surface area contributed by atoms with Crippen molar-refractivity contribution in [3.8, 4) is 0 Å². The number of oxime groups is 1. The summed E-state index contributed by atoms with van der Waals surface area (Å²) in [6.45, 7) is 5.15. The molecule has 2 heteroatoms. The molecule has 0 spiro atoms. The minimum absolute atomic E-state index is 0.408. The first-order chi connectivity index (χ1) is 10.6. The zero-order chi connectivity index (χ0) is 15.4. The van der Waals surface area contributed by atoms with Gasteiger partial charge in [0.05, 0.1) is 0 Å². The molecule has 0 amide bonds. The molecule has 4 saturated carbocycles. The Bertz CT molecular complexity index is 461. The molecule has 0 heterocycles. The maximum atomic E-state index is 9.03. The first-order valence-electron chi connectivity index (χ1n) is 9.77. The Hall–Kier alpha value is -0.530. The van der Waals surface area contributed by atoms with E-state index in [1.807, 2.05) is 6.21 Å². The molecule has 4 rings (SSSR count). The Morgan fingerprint density at radius 2 is 1.68 bits per heavy atom. The monoisotopic (exact) mass is 303 g/mol. The van der Waals surface area contributed by atoms with Crippen molar-refractivity contribution in [3.05, 3.63) is 0 Å². The SMILES string of the molecule is C[C@]12CCCC[C@H]1CC[C@H]1[C@H]3CCC(/C=N\O)[C@@]3(C)CC[C@@H]12. The average molecular weight is 303 g/mol. The zero-order valence-electron chi connectivity index (χ0n) is 14.4. The quantitative estimate of drug-likeness (QED) is 0.387. The zero-order valence-corrected chi connectivity index (χ0v) is 14.4. The predicted octanol–water partition coefficient (Wildman–Crippen LogP) is 5.50. The Kier molecular flexibility index (Phi) is 3.58. The normalized spacial score (nSPS) is 54.7. The molecule has 4 aliphatic carbocycles. The van der Waals surface area contributed by atoms with Gasteiger partial charge in [0.1, 0.15) is 0 Å². The Morgan fingerprint density at radius 1 is 0.864 bits per heavy atom. The molecule has 0 aromatic carbocycles. The molecule has 0 radical (unpaired) electrons. The van der Waals surface area contributed by atoms with E-state index in [9.17, 15) is 0 Å². The van der Waals surface area contributed by atoms with Crippen molar-refractivity contribution in [2.24, 2.45) is 45.6 Å². The smallest absolute Gasteiger partial charge is 0.0472 e. The van der Waals surface area contributed by atoms with Gasteiger partial charge in [-0.3, -0.25) is 0 Å². The number of rotatable bonds is 1. The van der Waals surface area contributed by atoms with Crippen molar-refractivity contribution < 1.29 is 5.21 Å². The highest BCUT2D eigenvalue weighted by Crippen LogP contribution is 2.67. The highest BCUT2D eigenvalue weighted by molar-refractivity contribution is 5.62. The molecule has 4 aliphatic rings. The topological polar surface area (TPSA) is 32.6 Å². The summed E-state index contributed by atoms with van der Waals surface area (Å²) in [4.78, 5) is 0. The van der Waals surface area contributed by atoms with E-state index in [2.05, 4.69) is 19.0 Å². The van der Waals surface area contributed by atoms with Gasteiger partial charge in [-0.25, -0.2) is 0 Å². The lowest BCUT2D eigenvalue weighted by molar-refractivity contribution is -0.106. The third kappa shape index (κ3) is 1.94. The van der Waals surface area contributed by atoms with Crippen LogP contribution in [0.2, 0.25) is 0 Å². The molecular weight excluding hydrogens is 270 g/mol. The maximum Gasteiger partial charge on any atom is 0.0472 e. The summed E-state index contributed by atoms with van der Waals surface area (Å²) in [6, 6.07) is 0. The van der Waals surface area contributed by atoms with Crippen molar-refractivity contribution >= 4 is 6.21 Å². The van der Waals surface area contributed by atoms with E-state index in [-0.39, 0.29) is 0 Å². The lowest BCUT2D eigenvalue weighted by atomic mass is 9.45. The molecule has 2 nitrogen and oxygen atoms in total. The molecule has 4 fully saturated rings. The Morgan fingerprint density at radius 3 is 2.50 bits per heavy atom. The first-order valence-corrected chi connectivity index (χ1v) is 9.77. The van der Waals surface area contributed by atoms with Gasteiger partial charge < -0.3 is 5.21 Å². The fraction of sp³-hybridized carbons (Fsp3) is 0.950. The second-order valence-electron chi connectivity index (χ2n) is 9.40. The van der Waals surface area contributed by atoms with E-state index >= 15 is 0 Å². The van der Waals surface area contributed by atoms with E-state index < -0.39 is 0 Å². The van der Waals surface area contributed by atoms with Crippen molar-refractivity contribution in [2.75, 3.05) is 0 Å². The second kappa shape index (κ2) is 5.24. The van der Waals surface area contributed by atoms with Crippen molar-refractivity contribution in [2.45, 2.75) is 78.1 Å². The second-order valence-corrected chi connectivity index (χ2v) is 9.40. The van der Waals surface area contributed by atoms with Gasteiger partial charge in [-0.15, -0.1) is 5.16 Å². The minimum atomic E-state index is 0.408. The van der Waals surface area contributed by atoms with Crippen LogP contribution in [-0.2, 0) is 0 Å². The van der Waals surface area contributed by atoms with E-state index in [4.69, 9.17) is 5.21 Å². The summed E-state index contributed by atoms with van der Waals surface area (Å²) in [5, 5.41) is 12.4. The molecule has 1 N–H and O–H groups in total. The third-order valence-electron chi connectivity index (χ3n) is 8.90. The highest BCUT2D eigenvalue weighted by atomic mass is 16.4. The van der Waals surface area contributed by atoms with Gasteiger partial charge in [0.25, 0.3) is 0 Å². The van der Waals surface area contributed by atoms with Crippen molar-refractivity contribution in [1.29, 1.82) is 0 Å². The summed E-state index contributed by atoms with van der Waals surface area (Å²) < 4.78 is 0. The molecule has 124 valence electrons. The molecule has 0 bridgehead atoms. The van der Waals surface area contributed by atoms with E-state index in [0.717, 1.165) is 23.7 Å². The lowest BCUT2D eigenvalue weighted by Gasteiger charge is -2.60. The van der Waals surface area contributed by atoms with Gasteiger partial charge in [0, 0.05) is 12.1 Å². The number of hydrogen-bond acceptors (Lipinski definition) is 2. The summed E-state index contributed by atoms with van der Waals surface area (Å²) in [6.07, 6.45) is 16.2. The van der Waals surface area contributed by atoms with E-state index in [0.29, 0.717) is 16.7 Å². The van der Waals surface area contributed by atoms with Gasteiger partial charge in [-0.2, -0.15) is 0 Å². The third-order valence-corrected chi connectivity index (χ3v) is 8.90. The van der Waals surface area contributed by atoms with Crippen LogP contribution >= 0.6 is 0 Å². The van der Waals surface area contributed by atoms with Gasteiger partial charge in [0.15, 0.2) is 0 Å².